The summed E-state index contributed by atoms with van der Waals surface area (Å²) in [4.78, 5) is 25.5. The maximum Gasteiger partial charge on any atom is 0.326 e. The molecule has 0 aromatic carbocycles. The Bertz CT molecular complexity index is 344. The zero-order chi connectivity index (χ0) is 15.3. The van der Waals surface area contributed by atoms with Crippen LogP contribution in [-0.2, 0) is 4.79 Å². The molecule has 0 bridgehead atoms. The third-order valence-corrected chi connectivity index (χ3v) is 4.00. The summed E-state index contributed by atoms with van der Waals surface area (Å²) >= 11 is 0. The molecule has 1 saturated carbocycles. The highest BCUT2D eigenvalue weighted by molar-refractivity contribution is 5.83. The van der Waals surface area contributed by atoms with E-state index in [9.17, 15) is 14.7 Å². The fourth-order valence-electron chi connectivity index (χ4n) is 2.82. The molecule has 5 nitrogen and oxygen atoms in total. The van der Waals surface area contributed by atoms with E-state index in [-0.39, 0.29) is 12.1 Å². The maximum atomic E-state index is 12.4. The van der Waals surface area contributed by atoms with Gasteiger partial charge >= 0.3 is 12.0 Å². The molecule has 1 rings (SSSR count). The van der Waals surface area contributed by atoms with Crippen molar-refractivity contribution in [3.05, 3.63) is 0 Å². The number of aliphatic carboxylic acids is 1. The zero-order valence-electron chi connectivity index (χ0n) is 13.1. The first-order valence-corrected chi connectivity index (χ1v) is 7.57. The van der Waals surface area contributed by atoms with Gasteiger partial charge in [0.1, 0.15) is 6.04 Å². The van der Waals surface area contributed by atoms with Gasteiger partial charge in [0, 0.05) is 12.6 Å². The largest absolute Gasteiger partial charge is 0.480 e. The number of hydrogen-bond acceptors (Lipinski definition) is 2. The fraction of sp³-hybridized carbons (Fsp3) is 0.867. The summed E-state index contributed by atoms with van der Waals surface area (Å²) in [5.74, 6) is -0.981. The molecule has 0 radical (unpaired) electrons. The molecule has 0 aromatic rings. The van der Waals surface area contributed by atoms with Crippen molar-refractivity contribution in [2.24, 2.45) is 5.41 Å². The molecular weight excluding hydrogens is 256 g/mol. The Morgan fingerprint density at radius 3 is 2.20 bits per heavy atom. The number of carboxylic acids is 1. The minimum Gasteiger partial charge on any atom is -0.480 e. The fourth-order valence-corrected chi connectivity index (χ4v) is 2.82. The van der Waals surface area contributed by atoms with Crippen molar-refractivity contribution in [2.45, 2.75) is 71.9 Å². The lowest BCUT2D eigenvalue weighted by atomic mass is 9.87. The summed E-state index contributed by atoms with van der Waals surface area (Å²) in [5.41, 5.74) is -0.506. The second kappa shape index (κ2) is 6.95. The lowest BCUT2D eigenvalue weighted by Gasteiger charge is -2.36. The zero-order valence-corrected chi connectivity index (χ0v) is 13.1. The van der Waals surface area contributed by atoms with Crippen molar-refractivity contribution in [2.75, 3.05) is 6.54 Å². The molecule has 0 aromatic heterocycles. The van der Waals surface area contributed by atoms with Crippen LogP contribution in [-0.4, -0.2) is 40.6 Å². The van der Waals surface area contributed by atoms with E-state index in [2.05, 4.69) is 5.32 Å². The standard InChI is InChI=1S/C15H28N2O3/c1-5-17(11-9-7-6-8-10-11)14(20)16-12(13(18)19)15(2,3)4/h11-12H,5-10H2,1-4H3,(H,16,20)(H,18,19)/t12-/m0/s1. The number of urea groups is 1. The van der Waals surface area contributed by atoms with Crippen LogP contribution >= 0.6 is 0 Å². The van der Waals surface area contributed by atoms with Crippen LogP contribution in [0.1, 0.15) is 59.8 Å². The number of carbonyl (C=O) groups excluding carboxylic acids is 1. The van der Waals surface area contributed by atoms with E-state index in [1.54, 1.807) is 4.90 Å². The van der Waals surface area contributed by atoms with Crippen molar-refractivity contribution in [3.8, 4) is 0 Å². The van der Waals surface area contributed by atoms with Crippen LogP contribution < -0.4 is 5.32 Å². The Labute approximate surface area is 121 Å². The molecular formula is C15H28N2O3. The highest BCUT2D eigenvalue weighted by atomic mass is 16.4. The third-order valence-electron chi connectivity index (χ3n) is 4.00. The molecule has 20 heavy (non-hydrogen) atoms. The number of nitrogens with one attached hydrogen (secondary N) is 1. The Hall–Kier alpha value is -1.26. The van der Waals surface area contributed by atoms with E-state index in [4.69, 9.17) is 0 Å². The number of amides is 2. The molecule has 0 spiro atoms. The van der Waals surface area contributed by atoms with Gasteiger partial charge in [-0.1, -0.05) is 40.0 Å². The van der Waals surface area contributed by atoms with Gasteiger partial charge in [0.2, 0.25) is 0 Å². The normalized spacial score (nSPS) is 18.4. The number of hydrogen-bond donors (Lipinski definition) is 2. The number of nitrogens with zero attached hydrogens (tertiary/aromatic N) is 1. The van der Waals surface area contributed by atoms with Gasteiger partial charge in [-0.15, -0.1) is 0 Å². The minimum atomic E-state index is -0.981. The smallest absolute Gasteiger partial charge is 0.326 e. The van der Waals surface area contributed by atoms with Gasteiger partial charge in [0.25, 0.3) is 0 Å². The Kier molecular flexibility index (Phi) is 5.84. The topological polar surface area (TPSA) is 69.6 Å². The van der Waals surface area contributed by atoms with Crippen molar-refractivity contribution in [1.29, 1.82) is 0 Å². The van der Waals surface area contributed by atoms with Gasteiger partial charge in [-0.05, 0) is 25.2 Å². The van der Waals surface area contributed by atoms with E-state index in [0.717, 1.165) is 25.7 Å². The average molecular weight is 284 g/mol. The van der Waals surface area contributed by atoms with E-state index in [1.165, 1.54) is 6.42 Å². The summed E-state index contributed by atoms with van der Waals surface area (Å²) in [7, 11) is 0. The van der Waals surface area contributed by atoms with Gasteiger partial charge in [-0.2, -0.15) is 0 Å². The van der Waals surface area contributed by atoms with Gasteiger partial charge in [0.05, 0.1) is 0 Å². The maximum absolute atomic E-state index is 12.4. The van der Waals surface area contributed by atoms with Crippen molar-refractivity contribution < 1.29 is 14.7 Å². The van der Waals surface area contributed by atoms with Crippen LogP contribution in [0.2, 0.25) is 0 Å². The SMILES string of the molecule is CCN(C(=O)N[C@@H](C(=O)O)C(C)(C)C)C1CCCCC1. The summed E-state index contributed by atoms with van der Waals surface area (Å²) in [6, 6.07) is -0.863. The van der Waals surface area contributed by atoms with E-state index < -0.39 is 17.4 Å². The highest BCUT2D eigenvalue weighted by Crippen LogP contribution is 2.24. The molecule has 0 heterocycles. The second-order valence-corrected chi connectivity index (χ2v) is 6.66. The van der Waals surface area contributed by atoms with Gasteiger partial charge < -0.3 is 15.3 Å². The highest BCUT2D eigenvalue weighted by Gasteiger charge is 2.34. The molecule has 2 N–H and O–H groups in total. The van der Waals surface area contributed by atoms with Crippen LogP contribution in [0.5, 0.6) is 0 Å². The first-order chi connectivity index (χ1) is 9.27. The number of rotatable bonds is 4. The quantitative estimate of drug-likeness (QED) is 0.834. The molecule has 0 aliphatic heterocycles. The molecule has 1 aliphatic carbocycles. The van der Waals surface area contributed by atoms with E-state index in [0.29, 0.717) is 6.54 Å². The Morgan fingerprint density at radius 2 is 1.80 bits per heavy atom. The lowest BCUT2D eigenvalue weighted by molar-refractivity contribution is -0.142. The van der Waals surface area contributed by atoms with Gasteiger partial charge in [0.15, 0.2) is 0 Å². The molecule has 2 amide bonds. The summed E-state index contributed by atoms with van der Waals surface area (Å²) in [6.45, 7) is 8.03. The van der Waals surface area contributed by atoms with Crippen LogP contribution in [0.15, 0.2) is 0 Å². The summed E-state index contributed by atoms with van der Waals surface area (Å²) in [5, 5.41) is 12.0. The second-order valence-electron chi connectivity index (χ2n) is 6.66. The number of carboxylic acid groups (broad SMARTS) is 1. The summed E-state index contributed by atoms with van der Waals surface area (Å²) < 4.78 is 0. The first kappa shape index (κ1) is 16.8. The first-order valence-electron chi connectivity index (χ1n) is 7.57. The Balaban J connectivity index is 2.72. The molecule has 0 saturated heterocycles. The molecule has 5 heteroatoms. The van der Waals surface area contributed by atoms with Crippen LogP contribution in [0, 0.1) is 5.41 Å². The molecule has 0 unspecified atom stereocenters. The average Bonchev–Trinajstić information content (AvgIpc) is 2.36. The summed E-state index contributed by atoms with van der Waals surface area (Å²) in [6.07, 6.45) is 5.57. The van der Waals surface area contributed by atoms with Crippen LogP contribution in [0.4, 0.5) is 4.79 Å². The van der Waals surface area contributed by atoms with Crippen LogP contribution in [0.25, 0.3) is 0 Å². The van der Waals surface area contributed by atoms with Crippen molar-refractivity contribution >= 4 is 12.0 Å². The monoisotopic (exact) mass is 284 g/mol. The number of carbonyl (C=O) groups is 2. The lowest BCUT2D eigenvalue weighted by Crippen LogP contribution is -2.55. The van der Waals surface area contributed by atoms with E-state index in [1.807, 2.05) is 27.7 Å². The van der Waals surface area contributed by atoms with Crippen LogP contribution in [0.3, 0.4) is 0 Å². The predicted molar refractivity (Wildman–Crippen MR) is 78.7 cm³/mol. The predicted octanol–water partition coefficient (Wildman–Crippen LogP) is 2.85. The third kappa shape index (κ3) is 4.39. The Morgan fingerprint density at radius 1 is 1.25 bits per heavy atom. The van der Waals surface area contributed by atoms with Gasteiger partial charge in [-0.25, -0.2) is 9.59 Å². The molecule has 1 atom stereocenters. The molecule has 1 fully saturated rings. The van der Waals surface area contributed by atoms with Gasteiger partial charge in [-0.3, -0.25) is 0 Å². The molecule has 1 aliphatic rings. The minimum absolute atomic E-state index is 0.248. The van der Waals surface area contributed by atoms with E-state index >= 15 is 0 Å². The van der Waals surface area contributed by atoms with Crippen molar-refractivity contribution in [3.63, 3.8) is 0 Å². The van der Waals surface area contributed by atoms with Crippen molar-refractivity contribution in [1.82, 2.24) is 10.2 Å². The molecule has 116 valence electrons.